The second-order valence-electron chi connectivity index (χ2n) is 6.51. The molecule has 0 atom stereocenters. The fourth-order valence-corrected chi connectivity index (χ4v) is 2.70. The topological polar surface area (TPSA) is 80.3 Å². The van der Waals surface area contributed by atoms with Crippen molar-refractivity contribution in [3.63, 3.8) is 0 Å². The number of carbonyl (C=O) groups excluding carboxylic acids is 2. The lowest BCUT2D eigenvalue weighted by Gasteiger charge is -2.06. The van der Waals surface area contributed by atoms with Gasteiger partial charge in [-0.15, -0.1) is 0 Å². The van der Waals surface area contributed by atoms with Crippen LogP contribution >= 0.6 is 0 Å². The van der Waals surface area contributed by atoms with E-state index in [9.17, 15) is 9.59 Å². The predicted molar refractivity (Wildman–Crippen MR) is 116 cm³/mol. The Balaban J connectivity index is 1.48. The molecule has 0 unspecified atom stereocenters. The van der Waals surface area contributed by atoms with E-state index in [4.69, 9.17) is 4.74 Å². The summed E-state index contributed by atoms with van der Waals surface area (Å²) in [5, 5.41) is 5.40. The maximum atomic E-state index is 12.1. The number of amides is 2. The second-order valence-corrected chi connectivity index (χ2v) is 6.51. The first kappa shape index (κ1) is 20.8. The van der Waals surface area contributed by atoms with Gasteiger partial charge >= 0.3 is 0 Å². The minimum atomic E-state index is -0.212. The van der Waals surface area contributed by atoms with E-state index in [0.29, 0.717) is 18.7 Å². The molecule has 2 N–H and O–H groups in total. The van der Waals surface area contributed by atoms with E-state index in [1.807, 2.05) is 48.5 Å². The summed E-state index contributed by atoms with van der Waals surface area (Å²) in [7, 11) is 1.58. The van der Waals surface area contributed by atoms with Crippen molar-refractivity contribution in [2.45, 2.75) is 13.2 Å². The highest BCUT2D eigenvalue weighted by Gasteiger charge is 2.04. The molecular formula is C24H23N3O3. The van der Waals surface area contributed by atoms with Crippen LogP contribution in [0.15, 0.2) is 79.0 Å². The van der Waals surface area contributed by atoms with E-state index in [-0.39, 0.29) is 11.8 Å². The SMILES string of the molecule is CNC(=O)c1cccc(CNC(=O)C=Cc2ccc(OCc3ccccn3)cc2)c1. The molecule has 1 heterocycles. The first-order valence-corrected chi connectivity index (χ1v) is 9.54. The third-order valence-corrected chi connectivity index (χ3v) is 4.30. The molecule has 1 aromatic heterocycles. The van der Waals surface area contributed by atoms with Gasteiger partial charge in [0.05, 0.1) is 5.69 Å². The van der Waals surface area contributed by atoms with Crippen LogP contribution in [0.5, 0.6) is 5.75 Å². The predicted octanol–water partition coefficient (Wildman–Crippen LogP) is 3.35. The highest BCUT2D eigenvalue weighted by atomic mass is 16.5. The van der Waals surface area contributed by atoms with Gasteiger partial charge in [0.15, 0.2) is 0 Å². The van der Waals surface area contributed by atoms with E-state index in [2.05, 4.69) is 15.6 Å². The third-order valence-electron chi connectivity index (χ3n) is 4.30. The Morgan fingerprint density at radius 3 is 2.60 bits per heavy atom. The zero-order chi connectivity index (χ0) is 21.2. The summed E-state index contributed by atoms with van der Waals surface area (Å²) >= 11 is 0. The van der Waals surface area contributed by atoms with Crippen molar-refractivity contribution in [1.29, 1.82) is 0 Å². The van der Waals surface area contributed by atoms with Gasteiger partial charge in [0.25, 0.3) is 5.91 Å². The van der Waals surface area contributed by atoms with E-state index < -0.39 is 0 Å². The lowest BCUT2D eigenvalue weighted by Crippen LogP contribution is -2.21. The number of hydrogen-bond acceptors (Lipinski definition) is 4. The summed E-state index contributed by atoms with van der Waals surface area (Å²) in [6, 6.07) is 20.3. The van der Waals surface area contributed by atoms with Gasteiger partial charge in [-0.25, -0.2) is 0 Å². The Morgan fingerprint density at radius 2 is 1.87 bits per heavy atom. The van der Waals surface area contributed by atoms with Crippen molar-refractivity contribution in [1.82, 2.24) is 15.6 Å². The van der Waals surface area contributed by atoms with Gasteiger partial charge in [0, 0.05) is 31.4 Å². The molecule has 2 amide bonds. The highest BCUT2D eigenvalue weighted by Crippen LogP contribution is 2.14. The molecule has 3 aromatic rings. The number of nitrogens with one attached hydrogen (secondary N) is 2. The zero-order valence-electron chi connectivity index (χ0n) is 16.7. The molecule has 0 fully saturated rings. The van der Waals surface area contributed by atoms with Gasteiger partial charge in [-0.05, 0) is 53.6 Å². The summed E-state index contributed by atoms with van der Waals surface area (Å²) in [5.41, 5.74) is 3.16. The van der Waals surface area contributed by atoms with E-state index in [1.165, 1.54) is 6.08 Å². The smallest absolute Gasteiger partial charge is 0.251 e. The largest absolute Gasteiger partial charge is 0.487 e. The number of hydrogen-bond donors (Lipinski definition) is 2. The number of pyridine rings is 1. The van der Waals surface area contributed by atoms with E-state index in [1.54, 1.807) is 37.5 Å². The van der Waals surface area contributed by atoms with Crippen LogP contribution < -0.4 is 15.4 Å². The maximum Gasteiger partial charge on any atom is 0.251 e. The van der Waals surface area contributed by atoms with Crippen molar-refractivity contribution >= 4 is 17.9 Å². The van der Waals surface area contributed by atoms with Crippen LogP contribution in [0.25, 0.3) is 6.08 Å². The van der Waals surface area contributed by atoms with Crippen LogP contribution in [0.3, 0.4) is 0 Å². The molecule has 3 rings (SSSR count). The number of carbonyl (C=O) groups is 2. The van der Waals surface area contributed by atoms with Gasteiger partial charge in [0.2, 0.25) is 5.91 Å². The number of nitrogens with zero attached hydrogens (tertiary/aromatic N) is 1. The monoisotopic (exact) mass is 401 g/mol. The van der Waals surface area contributed by atoms with Crippen LogP contribution in [0.4, 0.5) is 0 Å². The molecule has 0 spiro atoms. The first-order valence-electron chi connectivity index (χ1n) is 9.54. The molecule has 30 heavy (non-hydrogen) atoms. The lowest BCUT2D eigenvalue weighted by atomic mass is 10.1. The highest BCUT2D eigenvalue weighted by molar-refractivity contribution is 5.94. The molecule has 0 bridgehead atoms. The van der Waals surface area contributed by atoms with Crippen molar-refractivity contribution in [2.24, 2.45) is 0 Å². The fourth-order valence-electron chi connectivity index (χ4n) is 2.70. The van der Waals surface area contributed by atoms with Crippen molar-refractivity contribution < 1.29 is 14.3 Å². The molecule has 6 nitrogen and oxygen atoms in total. The maximum absolute atomic E-state index is 12.1. The molecule has 0 radical (unpaired) electrons. The quantitative estimate of drug-likeness (QED) is 0.567. The molecule has 0 aliphatic carbocycles. The third kappa shape index (κ3) is 6.31. The average molecular weight is 401 g/mol. The summed E-state index contributed by atoms with van der Waals surface area (Å²) < 4.78 is 5.70. The van der Waals surface area contributed by atoms with Crippen LogP contribution in [0.1, 0.15) is 27.2 Å². The van der Waals surface area contributed by atoms with Gasteiger partial charge in [0.1, 0.15) is 12.4 Å². The van der Waals surface area contributed by atoms with Gasteiger partial charge in [-0.1, -0.05) is 30.3 Å². The van der Waals surface area contributed by atoms with Crippen LogP contribution in [-0.4, -0.2) is 23.8 Å². The number of rotatable bonds is 8. The zero-order valence-corrected chi connectivity index (χ0v) is 16.7. The Labute approximate surface area is 175 Å². The molecule has 0 saturated carbocycles. The summed E-state index contributed by atoms with van der Waals surface area (Å²) in [6.45, 7) is 0.744. The first-order chi connectivity index (χ1) is 14.6. The normalized spacial score (nSPS) is 10.6. The van der Waals surface area contributed by atoms with Gasteiger partial charge in [-0.3, -0.25) is 14.6 Å². The van der Waals surface area contributed by atoms with Crippen LogP contribution in [0, 0.1) is 0 Å². The van der Waals surface area contributed by atoms with Crippen LogP contribution in [-0.2, 0) is 17.9 Å². The molecule has 0 aliphatic rings. The van der Waals surface area contributed by atoms with Crippen molar-refractivity contribution in [2.75, 3.05) is 7.05 Å². The fraction of sp³-hybridized carbons (Fsp3) is 0.125. The summed E-state index contributed by atoms with van der Waals surface area (Å²) in [6.07, 6.45) is 4.95. The summed E-state index contributed by atoms with van der Waals surface area (Å²) in [5.74, 6) is 0.365. The number of aromatic nitrogens is 1. The Hall–Kier alpha value is -3.93. The van der Waals surface area contributed by atoms with Gasteiger partial charge in [-0.2, -0.15) is 0 Å². The van der Waals surface area contributed by atoms with E-state index in [0.717, 1.165) is 22.6 Å². The Morgan fingerprint density at radius 1 is 1.03 bits per heavy atom. The molecule has 6 heteroatoms. The average Bonchev–Trinajstić information content (AvgIpc) is 2.81. The molecular weight excluding hydrogens is 378 g/mol. The van der Waals surface area contributed by atoms with Crippen molar-refractivity contribution in [3.8, 4) is 5.75 Å². The Kier molecular flexibility index (Phi) is 7.33. The minimum Gasteiger partial charge on any atom is -0.487 e. The second kappa shape index (κ2) is 10.6. The Bertz CT molecular complexity index is 1020. The minimum absolute atomic E-state index is 0.157. The van der Waals surface area contributed by atoms with Gasteiger partial charge < -0.3 is 15.4 Å². The summed E-state index contributed by atoms with van der Waals surface area (Å²) in [4.78, 5) is 28.0. The number of ether oxygens (including phenoxy) is 1. The lowest BCUT2D eigenvalue weighted by molar-refractivity contribution is -0.116. The molecule has 152 valence electrons. The standard InChI is InChI=1S/C24H23N3O3/c1-25-24(29)20-6-4-5-19(15-20)16-27-23(28)13-10-18-8-11-22(12-9-18)30-17-21-7-2-3-14-26-21/h2-15H,16-17H2,1H3,(H,25,29)(H,27,28). The molecule has 0 saturated heterocycles. The number of benzene rings is 2. The van der Waals surface area contributed by atoms with Crippen LogP contribution in [0.2, 0.25) is 0 Å². The molecule has 2 aromatic carbocycles. The molecule has 0 aliphatic heterocycles. The van der Waals surface area contributed by atoms with E-state index >= 15 is 0 Å². The van der Waals surface area contributed by atoms with Crippen molar-refractivity contribution in [3.05, 3.63) is 101 Å².